The van der Waals surface area contributed by atoms with Crippen LogP contribution in [0.15, 0.2) is 18.2 Å². The zero-order valence-corrected chi connectivity index (χ0v) is 8.56. The van der Waals surface area contributed by atoms with Gasteiger partial charge in [-0.1, -0.05) is 6.92 Å². The van der Waals surface area contributed by atoms with Crippen molar-refractivity contribution in [3.63, 3.8) is 0 Å². The van der Waals surface area contributed by atoms with Crippen LogP contribution in [0.3, 0.4) is 0 Å². The van der Waals surface area contributed by atoms with Crippen molar-refractivity contribution >= 4 is 11.6 Å². The highest BCUT2D eigenvalue weighted by atomic mass is 16.5. The third-order valence-electron chi connectivity index (χ3n) is 2.41. The van der Waals surface area contributed by atoms with Crippen molar-refractivity contribution in [2.24, 2.45) is 0 Å². The van der Waals surface area contributed by atoms with Gasteiger partial charge in [0.25, 0.3) is 0 Å². The first-order valence-corrected chi connectivity index (χ1v) is 4.98. The van der Waals surface area contributed by atoms with Crippen LogP contribution >= 0.6 is 0 Å². The molecule has 4 nitrogen and oxygen atoms in total. The van der Waals surface area contributed by atoms with Gasteiger partial charge in [0.2, 0.25) is 5.91 Å². The Morgan fingerprint density at radius 1 is 1.60 bits per heavy atom. The zero-order chi connectivity index (χ0) is 10.8. The Labute approximate surface area is 88.1 Å². The van der Waals surface area contributed by atoms with E-state index >= 15 is 0 Å². The molecule has 0 saturated heterocycles. The second-order valence-electron chi connectivity index (χ2n) is 3.40. The summed E-state index contributed by atoms with van der Waals surface area (Å²) in [6, 6.07) is 4.79. The van der Waals surface area contributed by atoms with Crippen molar-refractivity contribution in [2.75, 3.05) is 18.1 Å². The number of rotatable bonds is 1. The first-order valence-electron chi connectivity index (χ1n) is 4.98. The van der Waals surface area contributed by atoms with Crippen LogP contribution in [0, 0.1) is 0 Å². The van der Waals surface area contributed by atoms with Gasteiger partial charge in [0.1, 0.15) is 18.1 Å². The van der Waals surface area contributed by atoms with Crippen molar-refractivity contribution in [1.29, 1.82) is 0 Å². The second kappa shape index (κ2) is 3.81. The lowest BCUT2D eigenvalue weighted by atomic mass is 10.2. The average molecular weight is 207 g/mol. The van der Waals surface area contributed by atoms with Gasteiger partial charge in [-0.2, -0.15) is 0 Å². The molecule has 0 fully saturated rings. The number of anilines is 1. The molecule has 0 radical (unpaired) electrons. The molecule has 1 N–H and O–H groups in total. The maximum absolute atomic E-state index is 11.6. The molecular weight excluding hydrogens is 194 g/mol. The van der Waals surface area contributed by atoms with E-state index in [0.29, 0.717) is 31.0 Å². The number of amides is 1. The van der Waals surface area contributed by atoms with E-state index in [1.54, 1.807) is 23.1 Å². The molecule has 0 aromatic heterocycles. The predicted molar refractivity (Wildman–Crippen MR) is 56.2 cm³/mol. The van der Waals surface area contributed by atoms with Gasteiger partial charge in [0.15, 0.2) is 0 Å². The van der Waals surface area contributed by atoms with E-state index < -0.39 is 0 Å². The number of carbonyl (C=O) groups is 1. The first-order chi connectivity index (χ1) is 7.22. The van der Waals surface area contributed by atoms with E-state index in [0.717, 1.165) is 0 Å². The molecule has 2 rings (SSSR count). The molecule has 1 aliphatic rings. The number of aromatic hydroxyl groups is 1. The molecular formula is C11H13NO3. The van der Waals surface area contributed by atoms with Gasteiger partial charge in [-0.25, -0.2) is 0 Å². The molecule has 1 amide bonds. The zero-order valence-electron chi connectivity index (χ0n) is 8.56. The summed E-state index contributed by atoms with van der Waals surface area (Å²) in [5, 5.41) is 9.37. The largest absolute Gasteiger partial charge is 0.508 e. The van der Waals surface area contributed by atoms with Crippen molar-refractivity contribution in [3.05, 3.63) is 18.2 Å². The van der Waals surface area contributed by atoms with Gasteiger partial charge in [0, 0.05) is 12.5 Å². The second-order valence-corrected chi connectivity index (χ2v) is 3.40. The smallest absolute Gasteiger partial charge is 0.226 e. The lowest BCUT2D eigenvalue weighted by Crippen LogP contribution is -2.37. The summed E-state index contributed by atoms with van der Waals surface area (Å²) in [4.78, 5) is 13.3. The molecule has 15 heavy (non-hydrogen) atoms. The normalized spacial score (nSPS) is 14.3. The summed E-state index contributed by atoms with van der Waals surface area (Å²) in [7, 11) is 0. The number of benzene rings is 1. The topological polar surface area (TPSA) is 49.8 Å². The van der Waals surface area contributed by atoms with Crippen LogP contribution in [-0.2, 0) is 4.79 Å². The van der Waals surface area contributed by atoms with Crippen LogP contribution in [-0.4, -0.2) is 24.2 Å². The van der Waals surface area contributed by atoms with E-state index in [-0.39, 0.29) is 11.7 Å². The van der Waals surface area contributed by atoms with Crippen LogP contribution in [0.1, 0.15) is 13.3 Å². The Morgan fingerprint density at radius 3 is 3.13 bits per heavy atom. The number of carbonyl (C=O) groups excluding carboxylic acids is 1. The minimum atomic E-state index is 0.0464. The Morgan fingerprint density at radius 2 is 2.40 bits per heavy atom. The van der Waals surface area contributed by atoms with E-state index in [2.05, 4.69) is 0 Å². The Bertz CT molecular complexity index is 389. The fourth-order valence-electron chi connectivity index (χ4n) is 1.66. The van der Waals surface area contributed by atoms with Crippen LogP contribution in [0.2, 0.25) is 0 Å². The van der Waals surface area contributed by atoms with Crippen LogP contribution in [0.25, 0.3) is 0 Å². The molecule has 1 aliphatic heterocycles. The van der Waals surface area contributed by atoms with E-state index in [9.17, 15) is 9.90 Å². The SMILES string of the molecule is CCC(=O)N1CCOc2ccc(O)cc21. The highest BCUT2D eigenvalue weighted by Crippen LogP contribution is 2.34. The molecule has 80 valence electrons. The number of hydrogen-bond acceptors (Lipinski definition) is 3. The van der Waals surface area contributed by atoms with Gasteiger partial charge in [-0.05, 0) is 12.1 Å². The fraction of sp³-hybridized carbons (Fsp3) is 0.364. The van der Waals surface area contributed by atoms with Gasteiger partial charge < -0.3 is 14.7 Å². The third kappa shape index (κ3) is 1.75. The quantitative estimate of drug-likeness (QED) is 0.759. The minimum absolute atomic E-state index is 0.0464. The molecule has 0 spiro atoms. The Hall–Kier alpha value is -1.71. The Balaban J connectivity index is 2.40. The van der Waals surface area contributed by atoms with Crippen molar-refractivity contribution in [3.8, 4) is 11.5 Å². The highest BCUT2D eigenvalue weighted by molar-refractivity contribution is 5.95. The fourth-order valence-corrected chi connectivity index (χ4v) is 1.66. The molecule has 0 saturated carbocycles. The van der Waals surface area contributed by atoms with Gasteiger partial charge >= 0.3 is 0 Å². The van der Waals surface area contributed by atoms with Crippen molar-refractivity contribution < 1.29 is 14.6 Å². The monoisotopic (exact) mass is 207 g/mol. The summed E-state index contributed by atoms with van der Waals surface area (Å²) >= 11 is 0. The van der Waals surface area contributed by atoms with E-state index in [1.165, 1.54) is 0 Å². The van der Waals surface area contributed by atoms with Gasteiger partial charge in [-0.15, -0.1) is 0 Å². The summed E-state index contributed by atoms with van der Waals surface area (Å²) in [5.41, 5.74) is 0.660. The average Bonchev–Trinajstić information content (AvgIpc) is 2.27. The molecule has 1 aromatic rings. The number of fused-ring (bicyclic) bond motifs is 1. The van der Waals surface area contributed by atoms with Gasteiger partial charge in [-0.3, -0.25) is 4.79 Å². The van der Waals surface area contributed by atoms with Crippen LogP contribution in [0.4, 0.5) is 5.69 Å². The molecule has 1 heterocycles. The van der Waals surface area contributed by atoms with Crippen LogP contribution < -0.4 is 9.64 Å². The maximum atomic E-state index is 11.6. The lowest BCUT2D eigenvalue weighted by Gasteiger charge is -2.29. The molecule has 0 bridgehead atoms. The first kappa shape index (κ1) is 9.83. The summed E-state index contributed by atoms with van der Waals surface area (Å²) in [5.74, 6) is 0.846. The van der Waals surface area contributed by atoms with Crippen LogP contribution in [0.5, 0.6) is 11.5 Å². The molecule has 0 aliphatic carbocycles. The minimum Gasteiger partial charge on any atom is -0.508 e. The predicted octanol–water partition coefficient (Wildman–Crippen LogP) is 1.53. The van der Waals surface area contributed by atoms with E-state index in [4.69, 9.17) is 4.74 Å². The van der Waals surface area contributed by atoms with E-state index in [1.807, 2.05) is 6.92 Å². The van der Waals surface area contributed by atoms with Gasteiger partial charge in [0.05, 0.1) is 12.2 Å². The standard InChI is InChI=1S/C11H13NO3/c1-2-11(14)12-5-6-15-10-4-3-8(13)7-9(10)12/h3-4,7,13H,2,5-6H2,1H3. The molecule has 1 aromatic carbocycles. The number of phenols is 1. The highest BCUT2D eigenvalue weighted by Gasteiger charge is 2.22. The number of ether oxygens (including phenoxy) is 1. The summed E-state index contributed by atoms with van der Waals surface area (Å²) in [6.07, 6.45) is 0.453. The summed E-state index contributed by atoms with van der Waals surface area (Å²) < 4.78 is 5.40. The van der Waals surface area contributed by atoms with Crippen molar-refractivity contribution in [1.82, 2.24) is 0 Å². The summed E-state index contributed by atoms with van der Waals surface area (Å²) in [6.45, 7) is 2.87. The third-order valence-corrected chi connectivity index (χ3v) is 2.41. The number of hydrogen-bond donors (Lipinski definition) is 1. The maximum Gasteiger partial charge on any atom is 0.226 e. The number of nitrogens with zero attached hydrogens (tertiary/aromatic N) is 1. The molecule has 0 atom stereocenters. The molecule has 0 unspecified atom stereocenters. The lowest BCUT2D eigenvalue weighted by molar-refractivity contribution is -0.118. The Kier molecular flexibility index (Phi) is 2.49. The van der Waals surface area contributed by atoms with Crippen molar-refractivity contribution in [2.45, 2.75) is 13.3 Å². The molecule has 4 heteroatoms. The number of phenolic OH excluding ortho intramolecular Hbond substituents is 1.